The molecule has 0 amide bonds. The molecular weight excluding hydrogens is 336 g/mol. The van der Waals surface area contributed by atoms with Crippen LogP contribution in [0.3, 0.4) is 0 Å². The molecule has 0 aliphatic carbocycles. The maximum Gasteiger partial charge on any atom is 0.188 e. The maximum absolute atomic E-state index is 6.12. The Labute approximate surface area is 162 Å². The third-order valence-electron chi connectivity index (χ3n) is 4.91. The number of ether oxygens (including phenoxy) is 1. The Morgan fingerprint density at radius 1 is 1.15 bits per heavy atom. The lowest BCUT2D eigenvalue weighted by Crippen LogP contribution is -2.41. The van der Waals surface area contributed by atoms with E-state index in [-0.39, 0.29) is 6.04 Å². The molecule has 3 rings (SSSR count). The number of nitrogens with one attached hydrogen (secondary N) is 1. The Kier molecular flexibility index (Phi) is 7.25. The Balaban J connectivity index is 1.59. The summed E-state index contributed by atoms with van der Waals surface area (Å²) >= 11 is 0. The standard InChI is InChI=1S/C22H30N4O/c1-18-6-5-9-20(16-18)21(26-12-14-27-15-13-26)17-25-22(23)24-11-10-19-7-3-2-4-8-19/h2-9,16,21H,10-15,17H2,1H3,(H3,23,24,25). The van der Waals surface area contributed by atoms with E-state index in [4.69, 9.17) is 10.5 Å². The molecule has 0 bridgehead atoms. The third kappa shape index (κ3) is 6.08. The number of rotatable bonds is 7. The number of aliphatic imine (C=N–C) groups is 1. The number of morpholine rings is 1. The first kappa shape index (κ1) is 19.4. The van der Waals surface area contributed by atoms with Crippen LogP contribution in [-0.2, 0) is 11.2 Å². The van der Waals surface area contributed by atoms with Gasteiger partial charge in [-0.1, -0.05) is 60.2 Å². The van der Waals surface area contributed by atoms with Crippen LogP contribution in [0.25, 0.3) is 0 Å². The van der Waals surface area contributed by atoms with Gasteiger partial charge in [-0.05, 0) is 24.5 Å². The van der Waals surface area contributed by atoms with Crippen molar-refractivity contribution in [3.63, 3.8) is 0 Å². The summed E-state index contributed by atoms with van der Waals surface area (Å²) in [7, 11) is 0. The van der Waals surface area contributed by atoms with Gasteiger partial charge in [-0.25, -0.2) is 0 Å². The van der Waals surface area contributed by atoms with Crippen molar-refractivity contribution in [2.24, 2.45) is 10.7 Å². The summed E-state index contributed by atoms with van der Waals surface area (Å²) in [6.45, 7) is 6.96. The number of aryl methyl sites for hydroxylation is 1. The Bertz CT molecular complexity index is 726. The summed E-state index contributed by atoms with van der Waals surface area (Å²) in [5.41, 5.74) is 9.97. The van der Waals surface area contributed by atoms with E-state index in [2.05, 4.69) is 70.7 Å². The van der Waals surface area contributed by atoms with E-state index in [1.807, 2.05) is 6.07 Å². The molecule has 0 radical (unpaired) electrons. The summed E-state index contributed by atoms with van der Waals surface area (Å²) in [5, 5.41) is 3.24. The molecule has 3 N–H and O–H groups in total. The van der Waals surface area contributed by atoms with Crippen molar-refractivity contribution < 1.29 is 4.74 Å². The van der Waals surface area contributed by atoms with Crippen LogP contribution < -0.4 is 11.1 Å². The highest BCUT2D eigenvalue weighted by molar-refractivity contribution is 5.77. The third-order valence-corrected chi connectivity index (χ3v) is 4.91. The molecule has 0 spiro atoms. The monoisotopic (exact) mass is 366 g/mol. The molecule has 1 heterocycles. The topological polar surface area (TPSA) is 62.9 Å². The van der Waals surface area contributed by atoms with E-state index in [1.54, 1.807) is 0 Å². The Hall–Kier alpha value is -2.37. The number of nitrogens with two attached hydrogens (primary N) is 1. The molecule has 1 aliphatic rings. The second kappa shape index (κ2) is 10.1. The number of hydrogen-bond donors (Lipinski definition) is 2. The fraction of sp³-hybridized carbons (Fsp3) is 0.409. The van der Waals surface area contributed by atoms with Crippen molar-refractivity contribution >= 4 is 5.96 Å². The molecule has 5 heteroatoms. The predicted molar refractivity (Wildman–Crippen MR) is 111 cm³/mol. The zero-order valence-corrected chi connectivity index (χ0v) is 16.1. The van der Waals surface area contributed by atoms with Gasteiger partial charge in [0.2, 0.25) is 0 Å². The van der Waals surface area contributed by atoms with Gasteiger partial charge in [0.25, 0.3) is 0 Å². The molecule has 1 fully saturated rings. The Morgan fingerprint density at radius 3 is 2.67 bits per heavy atom. The van der Waals surface area contributed by atoms with Crippen LogP contribution in [0.15, 0.2) is 59.6 Å². The fourth-order valence-corrected chi connectivity index (χ4v) is 3.42. The van der Waals surface area contributed by atoms with Crippen molar-refractivity contribution in [2.75, 3.05) is 39.4 Å². The van der Waals surface area contributed by atoms with E-state index in [9.17, 15) is 0 Å². The van der Waals surface area contributed by atoms with Gasteiger partial charge in [-0.15, -0.1) is 0 Å². The van der Waals surface area contributed by atoms with Crippen molar-refractivity contribution in [1.29, 1.82) is 0 Å². The molecule has 0 aromatic heterocycles. The van der Waals surface area contributed by atoms with Gasteiger partial charge in [0.1, 0.15) is 0 Å². The molecule has 2 aromatic carbocycles. The number of hydrogen-bond acceptors (Lipinski definition) is 3. The van der Waals surface area contributed by atoms with E-state index in [0.29, 0.717) is 12.5 Å². The second-order valence-electron chi connectivity index (χ2n) is 6.97. The molecule has 5 nitrogen and oxygen atoms in total. The van der Waals surface area contributed by atoms with Crippen LogP contribution in [0.1, 0.15) is 22.7 Å². The minimum atomic E-state index is 0.225. The van der Waals surface area contributed by atoms with Gasteiger partial charge < -0.3 is 15.8 Å². The van der Waals surface area contributed by atoms with Crippen molar-refractivity contribution in [1.82, 2.24) is 10.2 Å². The first-order valence-electron chi connectivity index (χ1n) is 9.68. The van der Waals surface area contributed by atoms with Crippen LogP contribution in [0.5, 0.6) is 0 Å². The minimum absolute atomic E-state index is 0.225. The molecule has 27 heavy (non-hydrogen) atoms. The maximum atomic E-state index is 6.12. The van der Waals surface area contributed by atoms with Crippen molar-refractivity contribution in [2.45, 2.75) is 19.4 Å². The normalized spacial score (nSPS) is 16.9. The number of benzene rings is 2. The van der Waals surface area contributed by atoms with Crippen LogP contribution in [0.4, 0.5) is 0 Å². The first-order valence-corrected chi connectivity index (χ1v) is 9.68. The van der Waals surface area contributed by atoms with E-state index >= 15 is 0 Å². The minimum Gasteiger partial charge on any atom is -0.379 e. The summed E-state index contributed by atoms with van der Waals surface area (Å²) in [5.74, 6) is 0.511. The Morgan fingerprint density at radius 2 is 1.93 bits per heavy atom. The zero-order valence-electron chi connectivity index (χ0n) is 16.1. The predicted octanol–water partition coefficient (Wildman–Crippen LogP) is 2.52. The van der Waals surface area contributed by atoms with Gasteiger partial charge in [-0.3, -0.25) is 9.89 Å². The lowest BCUT2D eigenvalue weighted by Gasteiger charge is -2.34. The number of guanidine groups is 1. The van der Waals surface area contributed by atoms with Crippen LogP contribution in [-0.4, -0.2) is 50.3 Å². The molecule has 2 aromatic rings. The van der Waals surface area contributed by atoms with Crippen molar-refractivity contribution in [3.8, 4) is 0 Å². The number of nitrogens with zero attached hydrogens (tertiary/aromatic N) is 2. The largest absolute Gasteiger partial charge is 0.379 e. The van der Waals surface area contributed by atoms with Crippen LogP contribution in [0.2, 0.25) is 0 Å². The molecule has 1 unspecified atom stereocenters. The van der Waals surface area contributed by atoms with E-state index < -0.39 is 0 Å². The van der Waals surface area contributed by atoms with Gasteiger partial charge in [0.05, 0.1) is 25.8 Å². The summed E-state index contributed by atoms with van der Waals surface area (Å²) < 4.78 is 5.52. The lowest BCUT2D eigenvalue weighted by atomic mass is 10.0. The fourth-order valence-electron chi connectivity index (χ4n) is 3.42. The average Bonchev–Trinajstić information content (AvgIpc) is 2.70. The van der Waals surface area contributed by atoms with Crippen molar-refractivity contribution in [3.05, 3.63) is 71.3 Å². The highest BCUT2D eigenvalue weighted by atomic mass is 16.5. The molecule has 1 saturated heterocycles. The molecule has 144 valence electrons. The van der Waals surface area contributed by atoms with Gasteiger partial charge in [0, 0.05) is 19.6 Å². The average molecular weight is 367 g/mol. The molecule has 1 atom stereocenters. The lowest BCUT2D eigenvalue weighted by molar-refractivity contribution is 0.0180. The highest BCUT2D eigenvalue weighted by Gasteiger charge is 2.22. The highest BCUT2D eigenvalue weighted by Crippen LogP contribution is 2.23. The second-order valence-corrected chi connectivity index (χ2v) is 6.97. The molecular formula is C22H30N4O. The molecule has 0 saturated carbocycles. The quantitative estimate of drug-likeness (QED) is 0.584. The van der Waals surface area contributed by atoms with Crippen LogP contribution in [0, 0.1) is 6.92 Å². The van der Waals surface area contributed by atoms with Gasteiger partial charge >= 0.3 is 0 Å². The SMILES string of the molecule is Cc1cccc(C(CN=C(N)NCCc2ccccc2)N2CCOCC2)c1. The van der Waals surface area contributed by atoms with E-state index in [0.717, 1.165) is 39.3 Å². The smallest absolute Gasteiger partial charge is 0.188 e. The van der Waals surface area contributed by atoms with Gasteiger partial charge in [0.15, 0.2) is 5.96 Å². The first-order chi connectivity index (χ1) is 13.2. The summed E-state index contributed by atoms with van der Waals surface area (Å²) in [4.78, 5) is 7.08. The summed E-state index contributed by atoms with van der Waals surface area (Å²) in [6.07, 6.45) is 0.932. The van der Waals surface area contributed by atoms with E-state index in [1.165, 1.54) is 16.7 Å². The van der Waals surface area contributed by atoms with Crippen LogP contribution >= 0.6 is 0 Å². The van der Waals surface area contributed by atoms with Gasteiger partial charge in [-0.2, -0.15) is 0 Å². The zero-order chi connectivity index (χ0) is 18.9. The molecule has 1 aliphatic heterocycles. The summed E-state index contributed by atoms with van der Waals surface area (Å²) in [6, 6.07) is 19.3.